The predicted octanol–water partition coefficient (Wildman–Crippen LogP) is 2.29. The van der Waals surface area contributed by atoms with Crippen molar-refractivity contribution < 1.29 is 14.2 Å². The van der Waals surface area contributed by atoms with Crippen LogP contribution in [-0.2, 0) is 6.42 Å². The summed E-state index contributed by atoms with van der Waals surface area (Å²) in [5.74, 6) is 3.31. The van der Waals surface area contributed by atoms with E-state index in [0.29, 0.717) is 6.79 Å². The third-order valence-electron chi connectivity index (χ3n) is 2.38. The fraction of sp³-hybridized carbons (Fsp3) is 0.455. The zero-order valence-electron chi connectivity index (χ0n) is 8.66. The summed E-state index contributed by atoms with van der Waals surface area (Å²) in [6, 6.07) is 3.88. The number of fused-ring (bicyclic) bond motifs is 1. The molecule has 0 saturated carbocycles. The van der Waals surface area contributed by atoms with Crippen molar-refractivity contribution in [2.75, 3.05) is 19.7 Å². The number of hydrogen-bond donors (Lipinski definition) is 1. The van der Waals surface area contributed by atoms with Crippen LogP contribution in [0.4, 0.5) is 0 Å². The fourth-order valence-corrected chi connectivity index (χ4v) is 1.78. The molecule has 15 heavy (non-hydrogen) atoms. The molecule has 3 nitrogen and oxygen atoms in total. The highest BCUT2D eigenvalue weighted by Crippen LogP contribution is 2.38. The SMILES string of the molecule is COc1cc2c(cc1CCCS)OCO2. The van der Waals surface area contributed by atoms with E-state index in [0.717, 1.165) is 41.4 Å². The van der Waals surface area contributed by atoms with Crippen molar-refractivity contribution >= 4 is 12.6 Å². The molecule has 0 aliphatic carbocycles. The van der Waals surface area contributed by atoms with Crippen molar-refractivity contribution in [3.05, 3.63) is 17.7 Å². The Bertz CT molecular complexity index is 352. The molecule has 0 amide bonds. The van der Waals surface area contributed by atoms with Gasteiger partial charge in [-0.3, -0.25) is 0 Å². The minimum absolute atomic E-state index is 0.300. The maximum Gasteiger partial charge on any atom is 0.231 e. The summed E-state index contributed by atoms with van der Waals surface area (Å²) >= 11 is 4.20. The topological polar surface area (TPSA) is 27.7 Å². The van der Waals surface area contributed by atoms with Crippen LogP contribution in [0.5, 0.6) is 17.2 Å². The lowest BCUT2D eigenvalue weighted by molar-refractivity contribution is 0.174. The highest BCUT2D eigenvalue weighted by molar-refractivity contribution is 7.80. The maximum absolute atomic E-state index is 5.32. The van der Waals surface area contributed by atoms with E-state index in [2.05, 4.69) is 12.6 Å². The van der Waals surface area contributed by atoms with Crippen LogP contribution >= 0.6 is 12.6 Å². The van der Waals surface area contributed by atoms with Crippen LogP contribution in [0.3, 0.4) is 0 Å². The Morgan fingerprint density at radius 2 is 2.07 bits per heavy atom. The van der Waals surface area contributed by atoms with Crippen LogP contribution < -0.4 is 14.2 Å². The maximum atomic E-state index is 5.32. The van der Waals surface area contributed by atoms with E-state index in [1.807, 2.05) is 12.1 Å². The number of hydrogen-bond acceptors (Lipinski definition) is 4. The highest BCUT2D eigenvalue weighted by atomic mass is 32.1. The van der Waals surface area contributed by atoms with E-state index >= 15 is 0 Å². The van der Waals surface area contributed by atoms with Crippen LogP contribution in [-0.4, -0.2) is 19.7 Å². The summed E-state index contributed by atoms with van der Waals surface area (Å²) in [5.41, 5.74) is 1.15. The largest absolute Gasteiger partial charge is 0.496 e. The Labute approximate surface area is 94.7 Å². The smallest absolute Gasteiger partial charge is 0.231 e. The molecule has 4 heteroatoms. The zero-order chi connectivity index (χ0) is 10.7. The van der Waals surface area contributed by atoms with E-state index < -0.39 is 0 Å². The molecule has 0 saturated heterocycles. The van der Waals surface area contributed by atoms with Gasteiger partial charge in [-0.15, -0.1) is 0 Å². The molecule has 1 aliphatic heterocycles. The van der Waals surface area contributed by atoms with Crippen molar-refractivity contribution in [1.29, 1.82) is 0 Å². The van der Waals surface area contributed by atoms with Gasteiger partial charge in [0, 0.05) is 6.07 Å². The first-order valence-corrected chi connectivity index (χ1v) is 5.55. The van der Waals surface area contributed by atoms with Crippen LogP contribution in [0.25, 0.3) is 0 Å². The molecule has 1 aromatic carbocycles. The standard InChI is InChI=1S/C11H14O3S/c1-12-9-6-11-10(13-7-14-11)5-8(9)3-2-4-15/h5-6,15H,2-4,7H2,1H3. The van der Waals surface area contributed by atoms with Gasteiger partial charge in [-0.1, -0.05) is 0 Å². The number of thiol groups is 1. The van der Waals surface area contributed by atoms with Crippen molar-refractivity contribution in [2.24, 2.45) is 0 Å². The predicted molar refractivity (Wildman–Crippen MR) is 61.3 cm³/mol. The monoisotopic (exact) mass is 226 g/mol. The quantitative estimate of drug-likeness (QED) is 0.798. The van der Waals surface area contributed by atoms with Crippen molar-refractivity contribution in [3.8, 4) is 17.2 Å². The van der Waals surface area contributed by atoms with Gasteiger partial charge in [-0.25, -0.2) is 0 Å². The van der Waals surface area contributed by atoms with Crippen molar-refractivity contribution in [3.63, 3.8) is 0 Å². The zero-order valence-corrected chi connectivity index (χ0v) is 9.55. The average Bonchev–Trinajstić information content (AvgIpc) is 2.71. The molecule has 0 spiro atoms. The number of methoxy groups -OCH3 is 1. The minimum atomic E-state index is 0.300. The van der Waals surface area contributed by atoms with Gasteiger partial charge < -0.3 is 14.2 Å². The second-order valence-electron chi connectivity index (χ2n) is 3.34. The van der Waals surface area contributed by atoms with Gasteiger partial charge in [-0.2, -0.15) is 12.6 Å². The lowest BCUT2D eigenvalue weighted by atomic mass is 10.1. The molecular weight excluding hydrogens is 212 g/mol. The van der Waals surface area contributed by atoms with Gasteiger partial charge in [0.1, 0.15) is 5.75 Å². The lowest BCUT2D eigenvalue weighted by Crippen LogP contribution is -1.93. The second kappa shape index (κ2) is 4.66. The van der Waals surface area contributed by atoms with E-state index in [9.17, 15) is 0 Å². The van der Waals surface area contributed by atoms with E-state index in [1.165, 1.54) is 0 Å². The summed E-state index contributed by atoms with van der Waals surface area (Å²) < 4.78 is 15.9. The molecule has 82 valence electrons. The Hall–Kier alpha value is -1.03. The second-order valence-corrected chi connectivity index (χ2v) is 3.79. The molecule has 0 aromatic heterocycles. The summed E-state index contributed by atoms with van der Waals surface area (Å²) in [4.78, 5) is 0. The molecule has 0 atom stereocenters. The van der Waals surface area contributed by atoms with E-state index in [1.54, 1.807) is 7.11 Å². The first kappa shape index (κ1) is 10.5. The van der Waals surface area contributed by atoms with E-state index in [4.69, 9.17) is 14.2 Å². The molecule has 2 rings (SSSR count). The van der Waals surface area contributed by atoms with Crippen LogP contribution in [0.2, 0.25) is 0 Å². The summed E-state index contributed by atoms with van der Waals surface area (Å²) in [6.07, 6.45) is 1.97. The summed E-state index contributed by atoms with van der Waals surface area (Å²) in [5, 5.41) is 0. The van der Waals surface area contributed by atoms with Crippen LogP contribution in [0, 0.1) is 0 Å². The molecule has 1 heterocycles. The Morgan fingerprint density at radius 3 is 2.73 bits per heavy atom. The number of aryl methyl sites for hydroxylation is 1. The molecule has 0 N–H and O–H groups in total. The Balaban J connectivity index is 2.27. The first-order valence-electron chi connectivity index (χ1n) is 4.92. The normalized spacial score (nSPS) is 12.9. The van der Waals surface area contributed by atoms with Gasteiger partial charge in [0.2, 0.25) is 6.79 Å². The summed E-state index contributed by atoms with van der Waals surface area (Å²) in [7, 11) is 1.67. The van der Waals surface area contributed by atoms with Gasteiger partial charge in [0.05, 0.1) is 7.11 Å². The number of ether oxygens (including phenoxy) is 3. The third kappa shape index (κ3) is 2.15. The third-order valence-corrected chi connectivity index (χ3v) is 2.70. The van der Waals surface area contributed by atoms with Gasteiger partial charge in [0.15, 0.2) is 11.5 Å². The van der Waals surface area contributed by atoms with Gasteiger partial charge in [0.25, 0.3) is 0 Å². The molecule has 0 radical (unpaired) electrons. The highest BCUT2D eigenvalue weighted by Gasteiger charge is 2.17. The number of benzene rings is 1. The fourth-order valence-electron chi connectivity index (χ4n) is 1.62. The Kier molecular flexibility index (Phi) is 3.26. The molecule has 1 aliphatic rings. The minimum Gasteiger partial charge on any atom is -0.496 e. The van der Waals surface area contributed by atoms with Gasteiger partial charge >= 0.3 is 0 Å². The first-order chi connectivity index (χ1) is 7.35. The molecule has 0 fully saturated rings. The molecule has 1 aromatic rings. The van der Waals surface area contributed by atoms with E-state index in [-0.39, 0.29) is 0 Å². The van der Waals surface area contributed by atoms with Crippen LogP contribution in [0.1, 0.15) is 12.0 Å². The van der Waals surface area contributed by atoms with Crippen molar-refractivity contribution in [2.45, 2.75) is 12.8 Å². The average molecular weight is 226 g/mol. The lowest BCUT2D eigenvalue weighted by Gasteiger charge is -2.09. The summed E-state index contributed by atoms with van der Waals surface area (Å²) in [6.45, 7) is 0.300. The van der Waals surface area contributed by atoms with Crippen molar-refractivity contribution in [1.82, 2.24) is 0 Å². The Morgan fingerprint density at radius 1 is 1.33 bits per heavy atom. The number of rotatable bonds is 4. The van der Waals surface area contributed by atoms with Crippen LogP contribution in [0.15, 0.2) is 12.1 Å². The van der Waals surface area contributed by atoms with Gasteiger partial charge in [-0.05, 0) is 30.2 Å². The molecule has 0 unspecified atom stereocenters. The molecule has 0 bridgehead atoms. The molecular formula is C11H14O3S.